The first-order valence-electron chi connectivity index (χ1n) is 7.57. The van der Waals surface area contributed by atoms with Gasteiger partial charge in [-0.25, -0.2) is 4.98 Å². The molecular weight excluding hydrogens is 330 g/mol. The molecule has 2 aromatic heterocycles. The Bertz CT molecular complexity index is 810. The summed E-state index contributed by atoms with van der Waals surface area (Å²) in [6.45, 7) is 2.14. The van der Waals surface area contributed by atoms with E-state index in [0.29, 0.717) is 35.5 Å². The van der Waals surface area contributed by atoms with Gasteiger partial charge in [-0.05, 0) is 19.1 Å². The van der Waals surface area contributed by atoms with Crippen molar-refractivity contribution in [1.29, 1.82) is 0 Å². The molecule has 2 heterocycles. The van der Waals surface area contributed by atoms with E-state index < -0.39 is 0 Å². The fraction of sp³-hybridized carbons (Fsp3) is 0.235. The molecule has 0 fully saturated rings. The lowest BCUT2D eigenvalue weighted by Crippen LogP contribution is -2.05. The second-order valence-electron chi connectivity index (χ2n) is 5.05. The molecule has 0 atom stereocenters. The van der Waals surface area contributed by atoms with E-state index in [2.05, 4.69) is 9.97 Å². The summed E-state index contributed by atoms with van der Waals surface area (Å²) < 4.78 is 12.5. The molecule has 1 aromatic carbocycles. The molecule has 0 saturated carbocycles. The van der Waals surface area contributed by atoms with E-state index in [4.69, 9.17) is 20.8 Å². The minimum absolute atomic E-state index is 0.229. The number of carbonyl (C=O) groups is 1. The average molecular weight is 346 g/mol. The van der Waals surface area contributed by atoms with Crippen molar-refractivity contribution in [2.45, 2.75) is 19.8 Å². The van der Waals surface area contributed by atoms with Crippen LogP contribution in [0.25, 0.3) is 17.3 Å². The number of hydrogen-bond donors (Lipinski definition) is 0. The molecule has 0 radical (unpaired) electrons. The van der Waals surface area contributed by atoms with Crippen LogP contribution in [0.15, 0.2) is 47.4 Å². The third-order valence-corrected chi connectivity index (χ3v) is 3.64. The van der Waals surface area contributed by atoms with Crippen LogP contribution >= 0.6 is 11.6 Å². The summed E-state index contributed by atoms with van der Waals surface area (Å²) in [7, 11) is 0. The summed E-state index contributed by atoms with van der Waals surface area (Å²) in [6, 6.07) is 7.71. The lowest BCUT2D eigenvalue weighted by Gasteiger charge is -2.02. The Hall–Kier alpha value is -2.60. The number of hydrogen-bond acceptors (Lipinski definition) is 5. The summed E-state index contributed by atoms with van der Waals surface area (Å²) >= 11 is 5.95. The lowest BCUT2D eigenvalue weighted by atomic mass is 10.1. The van der Waals surface area contributed by atoms with Gasteiger partial charge in [0.1, 0.15) is 17.8 Å². The second kappa shape index (κ2) is 7.31. The molecule has 24 heavy (non-hydrogen) atoms. The summed E-state index contributed by atoms with van der Waals surface area (Å²) in [5.74, 6) is 0.356. The maximum absolute atomic E-state index is 11.6. The van der Waals surface area contributed by atoms with Gasteiger partial charge < -0.3 is 9.15 Å². The molecular formula is C17H16ClN3O3. The number of ether oxygens (including phenoxy) is 1. The van der Waals surface area contributed by atoms with Crippen LogP contribution in [0, 0.1) is 0 Å². The van der Waals surface area contributed by atoms with Crippen LogP contribution in [0.1, 0.15) is 19.1 Å². The fourth-order valence-corrected chi connectivity index (χ4v) is 2.40. The summed E-state index contributed by atoms with van der Waals surface area (Å²) in [6.07, 6.45) is 5.62. The molecule has 3 rings (SSSR count). The Balaban J connectivity index is 1.92. The Labute approximate surface area is 144 Å². The number of imidazole rings is 1. The van der Waals surface area contributed by atoms with Crippen LogP contribution in [0.2, 0.25) is 5.02 Å². The first kappa shape index (κ1) is 16.3. The van der Waals surface area contributed by atoms with Gasteiger partial charge in [0.2, 0.25) is 0 Å². The van der Waals surface area contributed by atoms with Crippen molar-refractivity contribution < 1.29 is 13.9 Å². The van der Waals surface area contributed by atoms with Crippen molar-refractivity contribution in [3.63, 3.8) is 0 Å². The smallest absolute Gasteiger partial charge is 0.307 e. The SMILES string of the molecule is CCOC(=O)CCc1oc(-n2ccnc2)nc1-c1ccc(Cl)cc1. The zero-order valence-electron chi connectivity index (χ0n) is 13.1. The maximum Gasteiger partial charge on any atom is 0.307 e. The lowest BCUT2D eigenvalue weighted by molar-refractivity contribution is -0.143. The molecule has 3 aromatic rings. The average Bonchev–Trinajstić information content (AvgIpc) is 3.23. The highest BCUT2D eigenvalue weighted by molar-refractivity contribution is 6.30. The van der Waals surface area contributed by atoms with Crippen molar-refractivity contribution in [3.05, 3.63) is 53.8 Å². The van der Waals surface area contributed by atoms with Gasteiger partial charge in [0.25, 0.3) is 0 Å². The van der Waals surface area contributed by atoms with E-state index in [-0.39, 0.29) is 12.4 Å². The second-order valence-corrected chi connectivity index (χ2v) is 5.49. The van der Waals surface area contributed by atoms with Gasteiger partial charge in [-0.1, -0.05) is 23.7 Å². The molecule has 0 N–H and O–H groups in total. The number of halogens is 1. The molecule has 0 aliphatic rings. The number of benzene rings is 1. The molecule has 0 spiro atoms. The number of nitrogens with zero attached hydrogens (tertiary/aromatic N) is 3. The number of aromatic nitrogens is 3. The van der Waals surface area contributed by atoms with Gasteiger partial charge in [0.05, 0.1) is 13.0 Å². The zero-order valence-corrected chi connectivity index (χ0v) is 13.9. The van der Waals surface area contributed by atoms with E-state index in [9.17, 15) is 4.79 Å². The highest BCUT2D eigenvalue weighted by atomic mass is 35.5. The quantitative estimate of drug-likeness (QED) is 0.637. The first-order valence-corrected chi connectivity index (χ1v) is 7.94. The van der Waals surface area contributed by atoms with Crippen molar-refractivity contribution in [1.82, 2.24) is 14.5 Å². The van der Waals surface area contributed by atoms with E-state index >= 15 is 0 Å². The molecule has 124 valence electrons. The molecule has 6 nitrogen and oxygen atoms in total. The third kappa shape index (κ3) is 3.65. The summed E-state index contributed by atoms with van der Waals surface area (Å²) in [4.78, 5) is 20.2. The van der Waals surface area contributed by atoms with E-state index in [1.807, 2.05) is 12.1 Å². The predicted octanol–water partition coefficient (Wildman–Crippen LogP) is 3.68. The monoisotopic (exact) mass is 345 g/mol. The van der Waals surface area contributed by atoms with Crippen molar-refractivity contribution in [2.75, 3.05) is 6.61 Å². The van der Waals surface area contributed by atoms with Gasteiger partial charge >= 0.3 is 12.0 Å². The van der Waals surface area contributed by atoms with Gasteiger partial charge in [0.15, 0.2) is 0 Å². The number of rotatable bonds is 6. The van der Waals surface area contributed by atoms with E-state index in [1.165, 1.54) is 0 Å². The Morgan fingerprint density at radius 2 is 2.12 bits per heavy atom. The first-order chi connectivity index (χ1) is 11.7. The summed E-state index contributed by atoms with van der Waals surface area (Å²) in [5.41, 5.74) is 1.55. The van der Waals surface area contributed by atoms with Crippen molar-refractivity contribution in [2.24, 2.45) is 0 Å². The number of oxazole rings is 1. The van der Waals surface area contributed by atoms with Crippen LogP contribution < -0.4 is 0 Å². The number of aryl methyl sites for hydroxylation is 1. The molecule has 0 bridgehead atoms. The Kier molecular flexibility index (Phi) is 4.96. The van der Waals surface area contributed by atoms with Crippen LogP contribution in [-0.2, 0) is 16.0 Å². The van der Waals surface area contributed by atoms with Crippen molar-refractivity contribution >= 4 is 17.6 Å². The highest BCUT2D eigenvalue weighted by Gasteiger charge is 2.17. The highest BCUT2D eigenvalue weighted by Crippen LogP contribution is 2.28. The molecule has 0 unspecified atom stereocenters. The van der Waals surface area contributed by atoms with Crippen LogP contribution in [-0.4, -0.2) is 27.1 Å². The van der Waals surface area contributed by atoms with Gasteiger partial charge in [-0.15, -0.1) is 0 Å². The third-order valence-electron chi connectivity index (χ3n) is 3.39. The normalized spacial score (nSPS) is 10.8. The maximum atomic E-state index is 11.6. The Morgan fingerprint density at radius 1 is 1.33 bits per heavy atom. The van der Waals surface area contributed by atoms with Crippen LogP contribution in [0.3, 0.4) is 0 Å². The van der Waals surface area contributed by atoms with Gasteiger partial charge in [0, 0.05) is 29.4 Å². The van der Waals surface area contributed by atoms with E-state index in [0.717, 1.165) is 5.56 Å². The van der Waals surface area contributed by atoms with Crippen molar-refractivity contribution in [3.8, 4) is 17.3 Å². The summed E-state index contributed by atoms with van der Waals surface area (Å²) in [5, 5.41) is 0.644. The van der Waals surface area contributed by atoms with Gasteiger partial charge in [-0.2, -0.15) is 4.98 Å². The molecule has 0 aliphatic carbocycles. The van der Waals surface area contributed by atoms with Gasteiger partial charge in [-0.3, -0.25) is 9.36 Å². The number of esters is 1. The topological polar surface area (TPSA) is 70.2 Å². The van der Waals surface area contributed by atoms with E-state index in [1.54, 1.807) is 42.3 Å². The molecule has 0 amide bonds. The zero-order chi connectivity index (χ0) is 16.9. The Morgan fingerprint density at radius 3 is 2.79 bits per heavy atom. The minimum Gasteiger partial charge on any atom is -0.466 e. The molecule has 0 saturated heterocycles. The minimum atomic E-state index is -0.264. The predicted molar refractivity (Wildman–Crippen MR) is 89.0 cm³/mol. The fourth-order valence-electron chi connectivity index (χ4n) is 2.27. The standard InChI is InChI=1S/C17H16ClN3O3/c1-2-23-15(22)8-7-14-16(12-3-5-13(18)6-4-12)20-17(24-14)21-10-9-19-11-21/h3-6,9-11H,2,7-8H2,1H3. The molecule has 0 aliphatic heterocycles. The molecule has 7 heteroatoms. The van der Waals surface area contributed by atoms with Crippen LogP contribution in [0.5, 0.6) is 0 Å². The largest absolute Gasteiger partial charge is 0.466 e. The number of carbonyl (C=O) groups excluding carboxylic acids is 1. The van der Waals surface area contributed by atoms with Crippen LogP contribution in [0.4, 0.5) is 0 Å².